The Balaban J connectivity index is 1.94. The van der Waals surface area contributed by atoms with Gasteiger partial charge < -0.3 is 15.2 Å². The molecule has 0 aliphatic heterocycles. The summed E-state index contributed by atoms with van der Waals surface area (Å²) in [6, 6.07) is 7.21. The van der Waals surface area contributed by atoms with Gasteiger partial charge in [0.2, 0.25) is 0 Å². The molecule has 0 bridgehead atoms. The highest BCUT2D eigenvalue weighted by atomic mass is 32.1. The van der Waals surface area contributed by atoms with Crippen LogP contribution in [0.15, 0.2) is 24.3 Å². The number of carboxylic acid groups (broad SMARTS) is 1. The van der Waals surface area contributed by atoms with Crippen LogP contribution in [0, 0.1) is 6.92 Å². The minimum atomic E-state index is -1.01. The molecular weight excluding hydrogens is 328 g/mol. The Labute approximate surface area is 144 Å². The van der Waals surface area contributed by atoms with E-state index in [1.165, 1.54) is 0 Å². The maximum Gasteiger partial charge on any atom is 0.347 e. The van der Waals surface area contributed by atoms with E-state index in [4.69, 9.17) is 9.84 Å². The van der Waals surface area contributed by atoms with E-state index < -0.39 is 5.97 Å². The lowest BCUT2D eigenvalue weighted by molar-refractivity contribution is -0.123. The van der Waals surface area contributed by atoms with Crippen LogP contribution in [0.3, 0.4) is 0 Å². The van der Waals surface area contributed by atoms with Crippen LogP contribution in [0.1, 0.15) is 45.8 Å². The molecule has 1 amide bonds. The summed E-state index contributed by atoms with van der Waals surface area (Å²) in [4.78, 5) is 27.5. The fourth-order valence-corrected chi connectivity index (χ4v) is 3.13. The van der Waals surface area contributed by atoms with E-state index >= 15 is 0 Å². The molecule has 128 valence electrons. The maximum absolute atomic E-state index is 12.0. The molecule has 6 nitrogen and oxygen atoms in total. The van der Waals surface area contributed by atoms with E-state index in [9.17, 15) is 9.59 Å². The predicted molar refractivity (Wildman–Crippen MR) is 91.7 cm³/mol. The van der Waals surface area contributed by atoms with E-state index in [0.717, 1.165) is 23.3 Å². The Bertz CT molecular complexity index is 742. The number of hydrogen-bond donors (Lipinski definition) is 2. The number of benzene rings is 1. The average molecular weight is 348 g/mol. The van der Waals surface area contributed by atoms with Crippen molar-refractivity contribution >= 4 is 23.2 Å². The molecular formula is C17H20N2O4S. The zero-order valence-electron chi connectivity index (χ0n) is 13.8. The van der Waals surface area contributed by atoms with Gasteiger partial charge in [0.1, 0.15) is 15.6 Å². The van der Waals surface area contributed by atoms with E-state index in [-0.39, 0.29) is 23.4 Å². The van der Waals surface area contributed by atoms with E-state index in [1.807, 2.05) is 31.2 Å². The SMILES string of the molecule is CCc1ccccc1OCC(=O)NC(C)c1nc(C)c(C(=O)O)s1. The minimum absolute atomic E-state index is 0.0997. The first kappa shape index (κ1) is 17.9. The zero-order chi connectivity index (χ0) is 17.7. The standard InChI is InChI=1S/C17H20N2O4S/c1-4-12-7-5-6-8-13(12)23-9-14(20)18-11(3)16-19-10(2)15(24-16)17(21)22/h5-8,11H,4,9H2,1-3H3,(H,18,20)(H,21,22). The number of aromatic carboxylic acids is 1. The number of ether oxygens (including phenoxy) is 1. The number of aromatic nitrogens is 1. The summed E-state index contributed by atoms with van der Waals surface area (Å²) in [6.07, 6.45) is 0.824. The average Bonchev–Trinajstić information content (AvgIpc) is 2.95. The monoisotopic (exact) mass is 348 g/mol. The van der Waals surface area contributed by atoms with Crippen LogP contribution in [0.5, 0.6) is 5.75 Å². The third-order valence-corrected chi connectivity index (χ3v) is 4.80. The fraction of sp³-hybridized carbons (Fsp3) is 0.353. The van der Waals surface area contributed by atoms with Crippen molar-refractivity contribution in [1.82, 2.24) is 10.3 Å². The fourth-order valence-electron chi connectivity index (χ4n) is 2.23. The van der Waals surface area contributed by atoms with Crippen LogP contribution in [-0.2, 0) is 11.2 Å². The molecule has 1 aromatic heterocycles. The third kappa shape index (κ3) is 4.32. The highest BCUT2D eigenvalue weighted by molar-refractivity contribution is 7.13. The lowest BCUT2D eigenvalue weighted by atomic mass is 10.1. The Kier molecular flexibility index (Phi) is 5.92. The van der Waals surface area contributed by atoms with Crippen LogP contribution in [0.2, 0.25) is 0 Å². The maximum atomic E-state index is 12.0. The first-order chi connectivity index (χ1) is 11.4. The number of carboxylic acids is 1. The van der Waals surface area contributed by atoms with Crippen LogP contribution < -0.4 is 10.1 Å². The summed E-state index contributed by atoms with van der Waals surface area (Å²) in [6.45, 7) is 5.33. The van der Waals surface area contributed by atoms with Crippen molar-refractivity contribution in [2.24, 2.45) is 0 Å². The number of rotatable bonds is 7. The van der Waals surface area contributed by atoms with Gasteiger partial charge in [-0.05, 0) is 31.9 Å². The summed E-state index contributed by atoms with van der Waals surface area (Å²) in [5.41, 5.74) is 1.50. The van der Waals surface area contributed by atoms with Crippen molar-refractivity contribution in [3.63, 3.8) is 0 Å². The van der Waals surface area contributed by atoms with Crippen molar-refractivity contribution in [3.05, 3.63) is 45.4 Å². The van der Waals surface area contributed by atoms with Gasteiger partial charge in [0.05, 0.1) is 11.7 Å². The van der Waals surface area contributed by atoms with Crippen molar-refractivity contribution in [1.29, 1.82) is 0 Å². The van der Waals surface area contributed by atoms with Gasteiger partial charge in [-0.15, -0.1) is 11.3 Å². The molecule has 0 radical (unpaired) electrons. The smallest absolute Gasteiger partial charge is 0.347 e. The van der Waals surface area contributed by atoms with Crippen LogP contribution in [0.25, 0.3) is 0 Å². The second kappa shape index (κ2) is 7.92. The quantitative estimate of drug-likeness (QED) is 0.803. The number of carbonyl (C=O) groups is 2. The van der Waals surface area contributed by atoms with Gasteiger partial charge in [-0.3, -0.25) is 4.79 Å². The highest BCUT2D eigenvalue weighted by Gasteiger charge is 2.19. The van der Waals surface area contributed by atoms with Crippen LogP contribution >= 0.6 is 11.3 Å². The molecule has 1 unspecified atom stereocenters. The van der Waals surface area contributed by atoms with Gasteiger partial charge in [0.25, 0.3) is 5.91 Å². The summed E-state index contributed by atoms with van der Waals surface area (Å²) < 4.78 is 5.57. The molecule has 7 heteroatoms. The summed E-state index contributed by atoms with van der Waals surface area (Å²) in [5, 5.41) is 12.4. The van der Waals surface area contributed by atoms with Gasteiger partial charge in [-0.1, -0.05) is 25.1 Å². The number of amides is 1. The van der Waals surface area contributed by atoms with Gasteiger partial charge in [0, 0.05) is 0 Å². The molecule has 24 heavy (non-hydrogen) atoms. The van der Waals surface area contributed by atoms with Gasteiger partial charge in [0.15, 0.2) is 6.61 Å². The molecule has 0 aliphatic rings. The lowest BCUT2D eigenvalue weighted by Crippen LogP contribution is -2.31. The largest absolute Gasteiger partial charge is 0.483 e. The Hall–Kier alpha value is -2.41. The molecule has 2 rings (SSSR count). The first-order valence-electron chi connectivity index (χ1n) is 7.63. The number of nitrogens with zero attached hydrogens (tertiary/aromatic N) is 1. The molecule has 0 saturated heterocycles. The number of nitrogens with one attached hydrogen (secondary N) is 1. The minimum Gasteiger partial charge on any atom is -0.483 e. The Morgan fingerprint density at radius 2 is 2.08 bits per heavy atom. The number of para-hydroxylation sites is 1. The molecule has 0 aliphatic carbocycles. The normalized spacial score (nSPS) is 11.8. The van der Waals surface area contributed by atoms with E-state index in [1.54, 1.807) is 13.8 Å². The van der Waals surface area contributed by atoms with Gasteiger partial charge in [-0.2, -0.15) is 0 Å². The Morgan fingerprint density at radius 3 is 2.71 bits per heavy atom. The lowest BCUT2D eigenvalue weighted by Gasteiger charge is -2.13. The second-order valence-electron chi connectivity index (χ2n) is 5.31. The first-order valence-corrected chi connectivity index (χ1v) is 8.44. The number of thiazole rings is 1. The summed E-state index contributed by atoms with van der Waals surface area (Å²) >= 11 is 1.07. The molecule has 0 spiro atoms. The zero-order valence-corrected chi connectivity index (χ0v) is 14.6. The molecule has 0 saturated carbocycles. The summed E-state index contributed by atoms with van der Waals surface area (Å²) in [5.74, 6) is -0.589. The molecule has 2 aromatic rings. The summed E-state index contributed by atoms with van der Waals surface area (Å²) in [7, 11) is 0. The van der Waals surface area contributed by atoms with Gasteiger partial charge >= 0.3 is 5.97 Å². The van der Waals surface area contributed by atoms with Gasteiger partial charge in [-0.25, -0.2) is 9.78 Å². The van der Waals surface area contributed by atoms with Crippen molar-refractivity contribution < 1.29 is 19.4 Å². The van der Waals surface area contributed by atoms with Crippen LogP contribution in [-0.4, -0.2) is 28.6 Å². The van der Waals surface area contributed by atoms with E-state index in [2.05, 4.69) is 10.3 Å². The van der Waals surface area contributed by atoms with Crippen LogP contribution in [0.4, 0.5) is 0 Å². The Morgan fingerprint density at radius 1 is 1.38 bits per heavy atom. The van der Waals surface area contributed by atoms with Crippen molar-refractivity contribution in [2.45, 2.75) is 33.2 Å². The molecule has 2 N–H and O–H groups in total. The molecule has 1 heterocycles. The topological polar surface area (TPSA) is 88.5 Å². The van der Waals surface area contributed by atoms with E-state index in [0.29, 0.717) is 16.5 Å². The molecule has 1 aromatic carbocycles. The number of hydrogen-bond acceptors (Lipinski definition) is 5. The predicted octanol–water partition coefficient (Wildman–Crippen LogP) is 2.97. The van der Waals surface area contributed by atoms with Crippen molar-refractivity contribution in [3.8, 4) is 5.75 Å². The number of carbonyl (C=O) groups excluding carboxylic acids is 1. The third-order valence-electron chi connectivity index (χ3n) is 3.47. The highest BCUT2D eigenvalue weighted by Crippen LogP contribution is 2.23. The van der Waals surface area contributed by atoms with Crippen molar-refractivity contribution in [2.75, 3.05) is 6.61 Å². The number of aryl methyl sites for hydroxylation is 2. The molecule has 0 fully saturated rings. The second-order valence-corrected chi connectivity index (χ2v) is 6.34. The molecule has 1 atom stereocenters.